The number of hydrogen-bond acceptors (Lipinski definition) is 8. The molecule has 4 rings (SSSR count). The van der Waals surface area contributed by atoms with Gasteiger partial charge in [0.2, 0.25) is 5.88 Å². The van der Waals surface area contributed by atoms with Gasteiger partial charge >= 0.3 is 6.61 Å². The Morgan fingerprint density at radius 1 is 1.29 bits per heavy atom. The molecule has 2 N–H and O–H groups in total. The first-order valence-electron chi connectivity index (χ1n) is 10.8. The highest BCUT2D eigenvalue weighted by Gasteiger charge is 2.36. The molecule has 0 aliphatic carbocycles. The van der Waals surface area contributed by atoms with Crippen LogP contribution in [0.4, 0.5) is 19.0 Å². The first kappa shape index (κ1) is 24.6. The minimum Gasteiger partial charge on any atom is -0.416 e. The molecule has 1 amide bonds. The lowest BCUT2D eigenvalue weighted by molar-refractivity contribution is -0.0975. The topological polar surface area (TPSA) is 112 Å². The number of carbonyl (C=O) groups excluding carboxylic acids is 1. The predicted molar refractivity (Wildman–Crippen MR) is 120 cm³/mol. The molecule has 2 aromatic rings. The zero-order chi connectivity index (χ0) is 25.3. The van der Waals surface area contributed by atoms with Gasteiger partial charge in [0.1, 0.15) is 11.6 Å². The van der Waals surface area contributed by atoms with Crippen LogP contribution in [0.3, 0.4) is 0 Å². The Labute approximate surface area is 199 Å². The number of morpholine rings is 1. The van der Waals surface area contributed by atoms with Gasteiger partial charge in [-0.25, -0.2) is 9.37 Å². The number of benzene rings is 1. The zero-order valence-corrected chi connectivity index (χ0v) is 19.1. The lowest BCUT2D eigenvalue weighted by Gasteiger charge is -2.40. The van der Waals surface area contributed by atoms with Crippen LogP contribution >= 0.6 is 0 Å². The Morgan fingerprint density at radius 3 is 2.74 bits per heavy atom. The van der Waals surface area contributed by atoms with Crippen LogP contribution in [0.2, 0.25) is 0 Å². The largest absolute Gasteiger partial charge is 0.416 e. The molecule has 1 aromatic heterocycles. The maximum atomic E-state index is 15.1. The maximum Gasteiger partial charge on any atom is 0.388 e. The summed E-state index contributed by atoms with van der Waals surface area (Å²) in [6, 6.07) is 1.35. The van der Waals surface area contributed by atoms with Crippen LogP contribution in [-0.4, -0.2) is 47.7 Å². The van der Waals surface area contributed by atoms with Crippen LogP contribution in [-0.2, 0) is 27.4 Å². The second kappa shape index (κ2) is 10.0. The quantitative estimate of drug-likeness (QED) is 0.477. The average Bonchev–Trinajstić information content (AvgIpc) is 3.31. The number of aromatic nitrogens is 1. The Bertz CT molecular complexity index is 1230. The van der Waals surface area contributed by atoms with E-state index in [1.807, 2.05) is 0 Å². The number of alkyl halides is 2. The Morgan fingerprint density at radius 2 is 2.03 bits per heavy atom. The number of amides is 1. The summed E-state index contributed by atoms with van der Waals surface area (Å²) in [4.78, 5) is 19.3. The summed E-state index contributed by atoms with van der Waals surface area (Å²) in [6.45, 7) is 4.73. The number of pyridine rings is 1. The highest BCUT2D eigenvalue weighted by Crippen LogP contribution is 2.33. The van der Waals surface area contributed by atoms with E-state index in [0.29, 0.717) is 17.5 Å². The molecular formula is C23H24F3N5O4. The fourth-order valence-corrected chi connectivity index (χ4v) is 4.13. The maximum absolute atomic E-state index is 15.1. The minimum atomic E-state index is -3.07. The standard InChI is InChI=1S/C23H24F3N5O4/c1-4-20(35-23(25)26)30-29-12(3)19-10-33-7-11(2)31(19)22(32)14-5-13-15-8-34-9-16(15)21(27)28-18(13)6-17(14)24/h4-6,11,19,23H,3,7-10H2,1-2H3,(H2,27,28)/b20-4+,30-29-/t11-,19-/m0/s1. The normalized spacial score (nSPS) is 20.6. The molecule has 0 bridgehead atoms. The molecule has 1 aromatic carbocycles. The number of hydrogen-bond donors (Lipinski definition) is 1. The molecule has 0 radical (unpaired) electrons. The van der Waals surface area contributed by atoms with E-state index in [9.17, 15) is 13.6 Å². The van der Waals surface area contributed by atoms with Crippen LogP contribution in [0.1, 0.15) is 35.3 Å². The lowest BCUT2D eigenvalue weighted by Crippen LogP contribution is -2.54. The van der Waals surface area contributed by atoms with Crippen LogP contribution in [0.5, 0.6) is 0 Å². The lowest BCUT2D eigenvalue weighted by atomic mass is 10.00. The molecule has 0 saturated carbocycles. The van der Waals surface area contributed by atoms with Crippen LogP contribution in [0, 0.1) is 5.82 Å². The summed E-state index contributed by atoms with van der Waals surface area (Å²) in [5.41, 5.74) is 7.68. The number of halogens is 3. The van der Waals surface area contributed by atoms with Crippen molar-refractivity contribution < 1.29 is 32.2 Å². The summed E-state index contributed by atoms with van der Waals surface area (Å²) in [5.74, 6) is -1.52. The molecule has 9 nitrogen and oxygen atoms in total. The molecule has 0 spiro atoms. The number of nitrogens with zero attached hydrogens (tertiary/aromatic N) is 4. The van der Waals surface area contributed by atoms with Crippen LogP contribution in [0.25, 0.3) is 10.9 Å². The second-order valence-electron chi connectivity index (χ2n) is 8.11. The smallest absolute Gasteiger partial charge is 0.388 e. The van der Waals surface area contributed by atoms with E-state index in [1.54, 1.807) is 6.92 Å². The molecule has 1 fully saturated rings. The van der Waals surface area contributed by atoms with E-state index < -0.39 is 36.3 Å². The monoisotopic (exact) mass is 491 g/mol. The van der Waals surface area contributed by atoms with Crippen LogP contribution in [0.15, 0.2) is 46.6 Å². The Balaban J connectivity index is 1.67. The Kier molecular flexibility index (Phi) is 7.03. The molecule has 3 heterocycles. The first-order valence-corrected chi connectivity index (χ1v) is 10.8. The Hall–Kier alpha value is -3.51. The zero-order valence-electron chi connectivity index (χ0n) is 19.1. The summed E-state index contributed by atoms with van der Waals surface area (Å²) in [7, 11) is 0. The molecule has 1 saturated heterocycles. The van der Waals surface area contributed by atoms with E-state index in [2.05, 4.69) is 26.5 Å². The fraction of sp³-hybridized carbons (Fsp3) is 0.391. The molecule has 2 aliphatic rings. The van der Waals surface area contributed by atoms with Gasteiger partial charge in [-0.1, -0.05) is 6.58 Å². The number of nitrogens with two attached hydrogens (primary N) is 1. The molecule has 2 atom stereocenters. The van der Waals surface area contributed by atoms with Crippen LogP contribution < -0.4 is 5.73 Å². The van der Waals surface area contributed by atoms with Crippen molar-refractivity contribution in [2.75, 3.05) is 18.9 Å². The number of carbonyl (C=O) groups is 1. The molecule has 0 unspecified atom stereocenters. The number of azo groups is 1. The summed E-state index contributed by atoms with van der Waals surface area (Å²) in [6.07, 6.45) is 1.21. The number of fused-ring (bicyclic) bond motifs is 3. The summed E-state index contributed by atoms with van der Waals surface area (Å²) in [5, 5.41) is 8.07. The van der Waals surface area contributed by atoms with Gasteiger partial charge in [-0.05, 0) is 31.6 Å². The van der Waals surface area contributed by atoms with E-state index in [1.165, 1.54) is 30.0 Å². The number of rotatable bonds is 6. The van der Waals surface area contributed by atoms with Crippen molar-refractivity contribution in [1.82, 2.24) is 9.88 Å². The van der Waals surface area contributed by atoms with Crippen molar-refractivity contribution in [2.45, 2.75) is 45.8 Å². The van der Waals surface area contributed by atoms with Gasteiger partial charge < -0.3 is 24.8 Å². The molecular weight excluding hydrogens is 467 g/mol. The van der Waals surface area contributed by atoms with Crippen molar-refractivity contribution in [3.05, 3.63) is 58.9 Å². The minimum absolute atomic E-state index is 0.0192. The number of ether oxygens (including phenoxy) is 3. The van der Waals surface area contributed by atoms with Crippen molar-refractivity contribution in [3.8, 4) is 0 Å². The average molecular weight is 491 g/mol. The van der Waals surface area contributed by atoms with Crippen molar-refractivity contribution in [2.24, 2.45) is 10.2 Å². The molecule has 186 valence electrons. The van der Waals surface area contributed by atoms with Gasteiger partial charge in [-0.2, -0.15) is 13.9 Å². The fourth-order valence-electron chi connectivity index (χ4n) is 4.13. The number of nitrogen functional groups attached to an aromatic ring is 1. The van der Waals surface area contributed by atoms with Gasteiger partial charge in [0.25, 0.3) is 5.91 Å². The van der Waals surface area contributed by atoms with E-state index in [-0.39, 0.29) is 36.9 Å². The van der Waals surface area contributed by atoms with Gasteiger partial charge in [0, 0.05) is 17.0 Å². The van der Waals surface area contributed by atoms with E-state index in [4.69, 9.17) is 15.2 Å². The van der Waals surface area contributed by atoms with E-state index >= 15 is 4.39 Å². The molecule has 35 heavy (non-hydrogen) atoms. The highest BCUT2D eigenvalue weighted by molar-refractivity contribution is 6.00. The second-order valence-corrected chi connectivity index (χ2v) is 8.11. The van der Waals surface area contributed by atoms with E-state index in [0.717, 1.165) is 11.1 Å². The van der Waals surface area contributed by atoms with Gasteiger partial charge in [-0.3, -0.25) is 4.79 Å². The molecule has 2 aliphatic heterocycles. The van der Waals surface area contributed by atoms with Crippen molar-refractivity contribution in [3.63, 3.8) is 0 Å². The summed E-state index contributed by atoms with van der Waals surface area (Å²) >= 11 is 0. The third-order valence-electron chi connectivity index (χ3n) is 5.85. The van der Waals surface area contributed by atoms with Crippen molar-refractivity contribution >= 4 is 22.6 Å². The highest BCUT2D eigenvalue weighted by atomic mass is 19.3. The van der Waals surface area contributed by atoms with Gasteiger partial charge in [0.05, 0.1) is 55.3 Å². The third kappa shape index (κ3) is 4.84. The van der Waals surface area contributed by atoms with Gasteiger partial charge in [0.15, 0.2) is 0 Å². The van der Waals surface area contributed by atoms with Crippen molar-refractivity contribution in [1.29, 1.82) is 0 Å². The third-order valence-corrected chi connectivity index (χ3v) is 5.85. The van der Waals surface area contributed by atoms with Gasteiger partial charge in [-0.15, -0.1) is 5.11 Å². The summed E-state index contributed by atoms with van der Waals surface area (Å²) < 4.78 is 55.4. The number of allylic oxidation sites excluding steroid dienone is 1. The predicted octanol–water partition coefficient (Wildman–Crippen LogP) is 4.28. The first-order chi connectivity index (χ1) is 16.7. The molecule has 12 heteroatoms. The number of anilines is 1. The SMILES string of the molecule is C=C(/N=N\C(=C/C)OC(F)F)[C@@H]1COC[C@H](C)N1C(=O)c1cc2c3c(c(N)nc2cc1F)COC3.